The van der Waals surface area contributed by atoms with E-state index in [1.807, 2.05) is 36.5 Å². The van der Waals surface area contributed by atoms with Crippen LogP contribution in [0.2, 0.25) is 0 Å². The van der Waals surface area contributed by atoms with E-state index >= 15 is 0 Å². The summed E-state index contributed by atoms with van der Waals surface area (Å²) < 4.78 is 22.0. The molecule has 6 atom stereocenters. The molecular formula is C47H74O10. The Morgan fingerprint density at radius 1 is 0.579 bits per heavy atom. The second-order valence-electron chi connectivity index (χ2n) is 14.1. The molecular weight excluding hydrogens is 725 g/mol. The SMILES string of the molecule is CC/C=C/C=C/C=C/C=C/CCCCCCCC(=O)OC[C@H](CO[C@@H]1O[C@H](CO)[C@H](O)C(O)C1O)OC(=O)CCC/C=C/C/C=C/C/C=C/C/C=C/CCCCC. The Morgan fingerprint density at radius 2 is 1.12 bits per heavy atom. The minimum Gasteiger partial charge on any atom is -0.462 e. The fourth-order valence-electron chi connectivity index (χ4n) is 5.66. The molecule has 0 spiro atoms. The van der Waals surface area contributed by atoms with Crippen molar-refractivity contribution in [2.24, 2.45) is 0 Å². The molecule has 1 aliphatic rings. The van der Waals surface area contributed by atoms with Gasteiger partial charge >= 0.3 is 11.9 Å². The van der Waals surface area contributed by atoms with Gasteiger partial charge in [0.05, 0.1) is 13.2 Å². The third-order valence-electron chi connectivity index (χ3n) is 9.05. The van der Waals surface area contributed by atoms with E-state index in [9.17, 15) is 30.0 Å². The molecule has 4 N–H and O–H groups in total. The summed E-state index contributed by atoms with van der Waals surface area (Å²) in [5.41, 5.74) is 0. The maximum atomic E-state index is 12.7. The van der Waals surface area contributed by atoms with E-state index in [0.717, 1.165) is 64.2 Å². The normalized spacial score (nSPS) is 21.3. The van der Waals surface area contributed by atoms with Crippen LogP contribution in [0.15, 0.2) is 97.2 Å². The smallest absolute Gasteiger partial charge is 0.306 e. The molecule has 1 saturated heterocycles. The fourth-order valence-corrected chi connectivity index (χ4v) is 5.66. The average molecular weight is 799 g/mol. The molecule has 57 heavy (non-hydrogen) atoms. The van der Waals surface area contributed by atoms with Crippen molar-refractivity contribution in [3.05, 3.63) is 97.2 Å². The lowest BCUT2D eigenvalue weighted by atomic mass is 9.99. The number of carbonyl (C=O) groups excluding carboxylic acids is 2. The van der Waals surface area contributed by atoms with Gasteiger partial charge in [0.25, 0.3) is 0 Å². The number of carbonyl (C=O) groups is 2. The summed E-state index contributed by atoms with van der Waals surface area (Å²) in [7, 11) is 0. The van der Waals surface area contributed by atoms with Crippen LogP contribution in [0.3, 0.4) is 0 Å². The molecule has 1 heterocycles. The highest BCUT2D eigenvalue weighted by Gasteiger charge is 2.44. The fraction of sp³-hybridized carbons (Fsp3) is 0.617. The summed E-state index contributed by atoms with van der Waals surface area (Å²) in [6.45, 7) is 3.14. The molecule has 2 unspecified atom stereocenters. The topological polar surface area (TPSA) is 152 Å². The van der Waals surface area contributed by atoms with Gasteiger partial charge < -0.3 is 39.4 Å². The van der Waals surface area contributed by atoms with E-state index < -0.39 is 55.4 Å². The van der Waals surface area contributed by atoms with Gasteiger partial charge in [0.2, 0.25) is 0 Å². The van der Waals surface area contributed by atoms with Crippen molar-refractivity contribution in [2.45, 2.75) is 166 Å². The number of rotatable bonds is 33. The van der Waals surface area contributed by atoms with E-state index in [1.54, 1.807) is 0 Å². The molecule has 10 nitrogen and oxygen atoms in total. The summed E-state index contributed by atoms with van der Waals surface area (Å²) >= 11 is 0. The summed E-state index contributed by atoms with van der Waals surface area (Å²) in [6, 6.07) is 0. The van der Waals surface area contributed by atoms with Gasteiger partial charge in [0.15, 0.2) is 12.4 Å². The third-order valence-corrected chi connectivity index (χ3v) is 9.05. The number of esters is 2. The van der Waals surface area contributed by atoms with Gasteiger partial charge in [-0.1, -0.05) is 143 Å². The zero-order valence-electron chi connectivity index (χ0n) is 34.8. The number of ether oxygens (including phenoxy) is 4. The highest BCUT2D eigenvalue weighted by molar-refractivity contribution is 5.70. The van der Waals surface area contributed by atoms with Gasteiger partial charge in [0.1, 0.15) is 31.0 Å². The number of aliphatic hydroxyl groups is 4. The number of hydrogen-bond acceptors (Lipinski definition) is 10. The summed E-state index contributed by atoms with van der Waals surface area (Å²) in [6.07, 6.45) is 41.3. The lowest BCUT2D eigenvalue weighted by molar-refractivity contribution is -0.305. The molecule has 0 aliphatic carbocycles. The summed E-state index contributed by atoms with van der Waals surface area (Å²) in [4.78, 5) is 25.3. The molecule has 0 radical (unpaired) electrons. The molecule has 0 aromatic rings. The molecule has 322 valence electrons. The number of unbranched alkanes of at least 4 members (excludes halogenated alkanes) is 9. The molecule has 1 rings (SSSR count). The first kappa shape index (κ1) is 51.6. The maximum Gasteiger partial charge on any atom is 0.306 e. The quantitative estimate of drug-likeness (QED) is 0.0220. The van der Waals surface area contributed by atoms with Gasteiger partial charge in [-0.3, -0.25) is 9.59 Å². The van der Waals surface area contributed by atoms with Gasteiger partial charge in [-0.2, -0.15) is 0 Å². The van der Waals surface area contributed by atoms with Gasteiger partial charge in [-0.05, 0) is 70.6 Å². The Balaban J connectivity index is 2.43. The van der Waals surface area contributed by atoms with Crippen LogP contribution < -0.4 is 0 Å². The molecule has 1 aliphatic heterocycles. The van der Waals surface area contributed by atoms with Crippen molar-refractivity contribution < 1.29 is 49.0 Å². The first-order valence-corrected chi connectivity index (χ1v) is 21.4. The van der Waals surface area contributed by atoms with Crippen LogP contribution in [0.4, 0.5) is 0 Å². The third kappa shape index (κ3) is 28.6. The monoisotopic (exact) mass is 799 g/mol. The molecule has 0 aromatic carbocycles. The Morgan fingerprint density at radius 3 is 1.77 bits per heavy atom. The number of allylic oxidation sites excluding steroid dienone is 16. The minimum absolute atomic E-state index is 0.142. The Bertz CT molecular complexity index is 1240. The highest BCUT2D eigenvalue weighted by Crippen LogP contribution is 2.22. The van der Waals surface area contributed by atoms with Crippen molar-refractivity contribution in [2.75, 3.05) is 19.8 Å². The van der Waals surface area contributed by atoms with E-state index in [4.69, 9.17) is 18.9 Å². The number of hydrogen-bond donors (Lipinski definition) is 4. The highest BCUT2D eigenvalue weighted by atomic mass is 16.7. The molecule has 0 amide bonds. The van der Waals surface area contributed by atoms with Crippen molar-refractivity contribution in [3.63, 3.8) is 0 Å². The predicted molar refractivity (Wildman–Crippen MR) is 228 cm³/mol. The first-order valence-electron chi connectivity index (χ1n) is 21.4. The van der Waals surface area contributed by atoms with Crippen molar-refractivity contribution in [1.82, 2.24) is 0 Å². The van der Waals surface area contributed by atoms with Crippen molar-refractivity contribution >= 4 is 11.9 Å². The standard InChI is InChI=1S/C47H74O10/c1-3-5-7-9-11-13-15-17-19-20-22-24-26-28-30-32-34-36-43(50)56-40(39-55-47-46(53)45(52)44(51)41(37-48)57-47)38-54-42(49)35-33-31-29-27-25-23-21-18-16-14-12-10-8-6-4-2/h6,8,10-14,16-19,21-22,24,28,30,40-41,44-48,51-53H,3-5,7,9,15,20,23,25-27,29,31-39H2,1-2H3/b8-6+,12-10+,13-11+,16-14+,19-17+,21-18+,24-22+,30-28+/t40-,41-,44+,45?,46?,47-/m1/s1. The molecule has 0 bridgehead atoms. The minimum atomic E-state index is -1.61. The van der Waals surface area contributed by atoms with Crippen LogP contribution in [0, 0.1) is 0 Å². The van der Waals surface area contributed by atoms with Crippen LogP contribution in [0.1, 0.15) is 129 Å². The van der Waals surface area contributed by atoms with Crippen LogP contribution in [-0.4, -0.2) is 89.0 Å². The Kier molecular flexibility index (Phi) is 33.5. The second kappa shape index (κ2) is 36.9. The van der Waals surface area contributed by atoms with Crippen molar-refractivity contribution in [3.8, 4) is 0 Å². The molecule has 0 aromatic heterocycles. The first-order chi connectivity index (χ1) is 27.8. The zero-order valence-corrected chi connectivity index (χ0v) is 34.8. The molecule has 1 fully saturated rings. The predicted octanol–water partition coefficient (Wildman–Crippen LogP) is 8.77. The lowest BCUT2D eigenvalue weighted by Gasteiger charge is -2.39. The number of aliphatic hydroxyl groups excluding tert-OH is 4. The zero-order chi connectivity index (χ0) is 41.6. The maximum absolute atomic E-state index is 12.7. The molecule has 0 saturated carbocycles. The largest absolute Gasteiger partial charge is 0.462 e. The summed E-state index contributed by atoms with van der Waals surface area (Å²) in [5, 5.41) is 40.0. The average Bonchev–Trinajstić information content (AvgIpc) is 3.21. The Hall–Kier alpha value is -3.38. The van der Waals surface area contributed by atoms with E-state index in [-0.39, 0.29) is 26.1 Å². The lowest BCUT2D eigenvalue weighted by Crippen LogP contribution is -2.59. The van der Waals surface area contributed by atoms with E-state index in [1.165, 1.54) is 19.3 Å². The van der Waals surface area contributed by atoms with Crippen LogP contribution in [0.5, 0.6) is 0 Å². The van der Waals surface area contributed by atoms with E-state index in [0.29, 0.717) is 19.3 Å². The second-order valence-corrected chi connectivity index (χ2v) is 14.1. The van der Waals surface area contributed by atoms with Gasteiger partial charge in [-0.15, -0.1) is 0 Å². The molecule has 10 heteroatoms. The van der Waals surface area contributed by atoms with Crippen LogP contribution >= 0.6 is 0 Å². The van der Waals surface area contributed by atoms with Crippen LogP contribution in [-0.2, 0) is 28.5 Å². The summed E-state index contributed by atoms with van der Waals surface area (Å²) in [5.74, 6) is -0.912. The van der Waals surface area contributed by atoms with Gasteiger partial charge in [0, 0.05) is 12.8 Å². The van der Waals surface area contributed by atoms with Crippen LogP contribution in [0.25, 0.3) is 0 Å². The van der Waals surface area contributed by atoms with Gasteiger partial charge in [-0.25, -0.2) is 0 Å². The van der Waals surface area contributed by atoms with E-state index in [2.05, 4.69) is 74.6 Å². The Labute approximate surface area is 343 Å². The van der Waals surface area contributed by atoms with Crippen molar-refractivity contribution in [1.29, 1.82) is 0 Å².